The van der Waals surface area contributed by atoms with E-state index in [4.69, 9.17) is 10.00 Å². The number of carbonyl (C=O) groups is 1. The highest BCUT2D eigenvalue weighted by molar-refractivity contribution is 6.04. The molecule has 2 rings (SSSR count). The molecule has 0 bridgehead atoms. The number of nitriles is 1. The molecule has 6 nitrogen and oxygen atoms in total. The van der Waals surface area contributed by atoms with Crippen LogP contribution >= 0.6 is 0 Å². The molecule has 1 aromatic heterocycles. The van der Waals surface area contributed by atoms with Crippen molar-refractivity contribution in [3.05, 3.63) is 48.5 Å². The van der Waals surface area contributed by atoms with E-state index in [0.29, 0.717) is 17.0 Å². The number of hydrogen-bond donors (Lipinski definition) is 1. The van der Waals surface area contributed by atoms with Crippen molar-refractivity contribution in [1.82, 2.24) is 9.97 Å². The first-order valence-corrected chi connectivity index (χ1v) is 5.46. The molecule has 1 amide bonds. The summed E-state index contributed by atoms with van der Waals surface area (Å²) < 4.78 is 5.22. The van der Waals surface area contributed by atoms with Gasteiger partial charge in [0.05, 0.1) is 11.3 Å². The first kappa shape index (κ1) is 12.5. The van der Waals surface area contributed by atoms with Gasteiger partial charge in [0, 0.05) is 12.4 Å². The van der Waals surface area contributed by atoms with E-state index in [9.17, 15) is 4.79 Å². The quantitative estimate of drug-likeness (QED) is 0.895. The fourth-order valence-corrected chi connectivity index (χ4v) is 1.42. The Bertz CT molecular complexity index is 608. The van der Waals surface area contributed by atoms with Crippen molar-refractivity contribution in [1.29, 1.82) is 5.26 Å². The summed E-state index contributed by atoms with van der Waals surface area (Å²) in [6.07, 6.45) is 4.18. The van der Waals surface area contributed by atoms with Crippen molar-refractivity contribution in [3.63, 3.8) is 0 Å². The third kappa shape index (κ3) is 3.26. The molecule has 0 aliphatic carbocycles. The summed E-state index contributed by atoms with van der Waals surface area (Å²) in [7, 11) is 0. The fourth-order valence-electron chi connectivity index (χ4n) is 1.42. The Morgan fingerprint density at radius 1 is 1.32 bits per heavy atom. The Hall–Kier alpha value is -2.94. The minimum atomic E-state index is -0.339. The van der Waals surface area contributed by atoms with Crippen molar-refractivity contribution >= 4 is 11.6 Å². The van der Waals surface area contributed by atoms with E-state index >= 15 is 0 Å². The Kier molecular flexibility index (Phi) is 4.03. The van der Waals surface area contributed by atoms with Gasteiger partial charge in [0.15, 0.2) is 6.61 Å². The fraction of sp³-hybridized carbons (Fsp3) is 0.0769. The summed E-state index contributed by atoms with van der Waals surface area (Å²) in [5.74, 6) is 0.0999. The van der Waals surface area contributed by atoms with Gasteiger partial charge in [-0.05, 0) is 12.1 Å². The highest BCUT2D eigenvalue weighted by Gasteiger charge is 2.09. The highest BCUT2D eigenvalue weighted by atomic mass is 16.5. The number of anilines is 1. The minimum absolute atomic E-state index is 0.0820. The van der Waals surface area contributed by atoms with Crippen molar-refractivity contribution in [2.45, 2.75) is 0 Å². The zero-order chi connectivity index (χ0) is 13.5. The summed E-state index contributed by atoms with van der Waals surface area (Å²) in [6.45, 7) is -0.0820. The van der Waals surface area contributed by atoms with Crippen LogP contribution in [-0.4, -0.2) is 22.5 Å². The predicted molar refractivity (Wildman–Crippen MR) is 67.5 cm³/mol. The molecule has 0 spiro atoms. The van der Waals surface area contributed by atoms with Crippen LogP contribution < -0.4 is 10.1 Å². The number of nitrogens with one attached hydrogen (secondary N) is 1. The van der Waals surface area contributed by atoms with E-state index in [1.165, 1.54) is 18.7 Å². The number of hydrogen-bond acceptors (Lipinski definition) is 5. The van der Waals surface area contributed by atoms with Gasteiger partial charge in [-0.2, -0.15) is 5.26 Å². The van der Waals surface area contributed by atoms with Gasteiger partial charge in [0.25, 0.3) is 5.91 Å². The molecule has 0 atom stereocenters. The summed E-state index contributed by atoms with van der Waals surface area (Å²) in [6, 6.07) is 8.76. The monoisotopic (exact) mass is 254 g/mol. The van der Waals surface area contributed by atoms with Crippen LogP contribution in [0.5, 0.6) is 5.75 Å². The SMILES string of the molecule is N#CCOc1ccccc1NC(=O)c1cncnc1. The van der Waals surface area contributed by atoms with Gasteiger partial charge in [0.1, 0.15) is 18.1 Å². The standard InChI is InChI=1S/C13H10N4O2/c14-5-6-19-12-4-2-1-3-11(12)17-13(18)10-7-15-9-16-8-10/h1-4,7-9H,6H2,(H,17,18). The van der Waals surface area contributed by atoms with Crippen LogP contribution in [0.4, 0.5) is 5.69 Å². The van der Waals surface area contributed by atoms with Crippen LogP contribution in [-0.2, 0) is 0 Å². The second-order valence-electron chi connectivity index (χ2n) is 3.52. The number of amides is 1. The molecule has 0 fully saturated rings. The van der Waals surface area contributed by atoms with E-state index in [1.54, 1.807) is 24.3 Å². The van der Waals surface area contributed by atoms with E-state index in [1.807, 2.05) is 6.07 Å². The number of benzene rings is 1. The van der Waals surface area contributed by atoms with Crippen molar-refractivity contribution < 1.29 is 9.53 Å². The van der Waals surface area contributed by atoms with Gasteiger partial charge in [-0.25, -0.2) is 9.97 Å². The van der Waals surface area contributed by atoms with Gasteiger partial charge < -0.3 is 10.1 Å². The van der Waals surface area contributed by atoms with Crippen LogP contribution in [0.1, 0.15) is 10.4 Å². The molecule has 6 heteroatoms. The molecular formula is C13H10N4O2. The average molecular weight is 254 g/mol. The highest BCUT2D eigenvalue weighted by Crippen LogP contribution is 2.24. The molecule has 2 aromatic rings. The zero-order valence-electron chi connectivity index (χ0n) is 9.91. The molecule has 1 heterocycles. The van der Waals surface area contributed by atoms with E-state index in [2.05, 4.69) is 15.3 Å². The Morgan fingerprint density at radius 3 is 2.79 bits per heavy atom. The Morgan fingerprint density at radius 2 is 2.05 bits per heavy atom. The normalized spacial score (nSPS) is 9.42. The number of ether oxygens (including phenoxy) is 1. The van der Waals surface area contributed by atoms with Gasteiger partial charge in [-0.1, -0.05) is 12.1 Å². The maximum atomic E-state index is 11.9. The molecule has 0 aliphatic rings. The third-order valence-electron chi connectivity index (χ3n) is 2.25. The number of rotatable bonds is 4. The molecular weight excluding hydrogens is 244 g/mol. The number of carbonyl (C=O) groups excluding carboxylic acids is 1. The van der Waals surface area contributed by atoms with Crippen LogP contribution in [0.25, 0.3) is 0 Å². The second-order valence-corrected chi connectivity index (χ2v) is 3.52. The van der Waals surface area contributed by atoms with Crippen molar-refractivity contribution in [2.75, 3.05) is 11.9 Å². The summed E-state index contributed by atoms with van der Waals surface area (Å²) in [4.78, 5) is 19.5. The molecule has 0 saturated heterocycles. The number of nitrogens with zero attached hydrogens (tertiary/aromatic N) is 3. The third-order valence-corrected chi connectivity index (χ3v) is 2.25. The van der Waals surface area contributed by atoms with Crippen LogP contribution in [0.15, 0.2) is 43.0 Å². The molecule has 94 valence electrons. The van der Waals surface area contributed by atoms with Crippen LogP contribution in [0, 0.1) is 11.3 Å². The van der Waals surface area contributed by atoms with E-state index in [0.717, 1.165) is 0 Å². The topological polar surface area (TPSA) is 87.9 Å². The molecule has 0 saturated carbocycles. The van der Waals surface area contributed by atoms with Crippen molar-refractivity contribution in [3.8, 4) is 11.8 Å². The van der Waals surface area contributed by atoms with Gasteiger partial charge in [-0.15, -0.1) is 0 Å². The largest absolute Gasteiger partial charge is 0.477 e. The first-order chi connectivity index (χ1) is 9.31. The zero-order valence-corrected chi connectivity index (χ0v) is 9.91. The molecule has 0 aliphatic heterocycles. The molecule has 0 radical (unpaired) electrons. The predicted octanol–water partition coefficient (Wildman–Crippen LogP) is 1.63. The summed E-state index contributed by atoms with van der Waals surface area (Å²) in [5, 5.41) is 11.2. The summed E-state index contributed by atoms with van der Waals surface area (Å²) >= 11 is 0. The average Bonchev–Trinajstić information content (AvgIpc) is 2.47. The van der Waals surface area contributed by atoms with E-state index in [-0.39, 0.29) is 12.5 Å². The Balaban J connectivity index is 2.15. The molecule has 1 N–H and O–H groups in total. The van der Waals surface area contributed by atoms with Crippen LogP contribution in [0.3, 0.4) is 0 Å². The first-order valence-electron chi connectivity index (χ1n) is 5.46. The maximum Gasteiger partial charge on any atom is 0.258 e. The molecule has 1 aromatic carbocycles. The second kappa shape index (κ2) is 6.12. The lowest BCUT2D eigenvalue weighted by Crippen LogP contribution is -2.13. The lowest BCUT2D eigenvalue weighted by atomic mass is 10.2. The minimum Gasteiger partial charge on any atom is -0.477 e. The molecule has 0 unspecified atom stereocenters. The number of para-hydroxylation sites is 2. The van der Waals surface area contributed by atoms with Gasteiger partial charge in [-0.3, -0.25) is 4.79 Å². The van der Waals surface area contributed by atoms with Crippen molar-refractivity contribution in [2.24, 2.45) is 0 Å². The number of aromatic nitrogens is 2. The van der Waals surface area contributed by atoms with E-state index < -0.39 is 0 Å². The van der Waals surface area contributed by atoms with Gasteiger partial charge >= 0.3 is 0 Å². The lowest BCUT2D eigenvalue weighted by molar-refractivity contribution is 0.102. The molecule has 19 heavy (non-hydrogen) atoms. The maximum absolute atomic E-state index is 11.9. The Labute approximate surface area is 109 Å². The lowest BCUT2D eigenvalue weighted by Gasteiger charge is -2.10. The van der Waals surface area contributed by atoms with Gasteiger partial charge in [0.2, 0.25) is 0 Å². The van der Waals surface area contributed by atoms with Crippen LogP contribution in [0.2, 0.25) is 0 Å². The smallest absolute Gasteiger partial charge is 0.258 e. The summed E-state index contributed by atoms with van der Waals surface area (Å²) in [5.41, 5.74) is 0.837.